The highest BCUT2D eigenvalue weighted by molar-refractivity contribution is 6.11. The maximum Gasteiger partial charge on any atom is 0.276 e. The fourth-order valence-corrected chi connectivity index (χ4v) is 2.41. The first-order valence-electron chi connectivity index (χ1n) is 7.35. The van der Waals surface area contributed by atoms with E-state index < -0.39 is 0 Å². The van der Waals surface area contributed by atoms with Crippen LogP contribution in [0.15, 0.2) is 48.5 Å². The van der Waals surface area contributed by atoms with Crippen molar-refractivity contribution < 1.29 is 9.90 Å². The van der Waals surface area contributed by atoms with E-state index in [-0.39, 0.29) is 12.5 Å². The average Bonchev–Trinajstić information content (AvgIpc) is 3.00. The minimum atomic E-state index is -0.251. The number of aromatic amines is 1. The van der Waals surface area contributed by atoms with E-state index in [0.717, 1.165) is 16.6 Å². The lowest BCUT2D eigenvalue weighted by Crippen LogP contribution is -2.21. The van der Waals surface area contributed by atoms with Gasteiger partial charge in [0.05, 0.1) is 12.1 Å². The number of aromatic nitrogens is 2. The summed E-state index contributed by atoms with van der Waals surface area (Å²) in [5, 5.41) is 19.5. The minimum Gasteiger partial charge on any atom is -0.395 e. The molecule has 23 heavy (non-hydrogen) atoms. The van der Waals surface area contributed by atoms with Crippen LogP contribution in [0, 0.1) is 0 Å². The Labute approximate surface area is 133 Å². The standard InChI is InChI=1S/C17H18N4O2/c1-21(10-11-22)13-8-6-12(7-9-13)18-17(23)16-14-4-2-3-5-15(14)19-20-16/h2-9,22H,10-11H2,1H3,(H,18,23)(H,19,20). The van der Waals surface area contributed by atoms with Gasteiger partial charge in [-0.2, -0.15) is 5.10 Å². The summed E-state index contributed by atoms with van der Waals surface area (Å²) in [7, 11) is 1.90. The van der Waals surface area contributed by atoms with E-state index in [1.807, 2.05) is 60.5 Å². The molecule has 6 nitrogen and oxygen atoms in total. The largest absolute Gasteiger partial charge is 0.395 e. The van der Waals surface area contributed by atoms with E-state index in [1.165, 1.54) is 0 Å². The maximum absolute atomic E-state index is 12.4. The summed E-state index contributed by atoms with van der Waals surface area (Å²) in [6, 6.07) is 15.0. The zero-order valence-electron chi connectivity index (χ0n) is 12.8. The van der Waals surface area contributed by atoms with Crippen molar-refractivity contribution in [2.24, 2.45) is 0 Å². The summed E-state index contributed by atoms with van der Waals surface area (Å²) in [4.78, 5) is 14.3. The molecule has 0 unspecified atom stereocenters. The van der Waals surface area contributed by atoms with Crippen LogP contribution >= 0.6 is 0 Å². The third-order valence-electron chi connectivity index (χ3n) is 3.69. The topological polar surface area (TPSA) is 81.2 Å². The van der Waals surface area contributed by atoms with Crippen molar-refractivity contribution >= 4 is 28.2 Å². The molecule has 0 bridgehead atoms. The highest BCUT2D eigenvalue weighted by atomic mass is 16.3. The third kappa shape index (κ3) is 3.17. The van der Waals surface area contributed by atoms with E-state index in [9.17, 15) is 4.79 Å². The molecule has 2 aromatic carbocycles. The predicted octanol–water partition coefficient (Wildman–Crippen LogP) is 2.24. The molecule has 3 aromatic rings. The number of para-hydroxylation sites is 1. The van der Waals surface area contributed by atoms with Crippen molar-refractivity contribution in [1.29, 1.82) is 0 Å². The molecule has 0 aliphatic carbocycles. The van der Waals surface area contributed by atoms with E-state index in [0.29, 0.717) is 17.9 Å². The number of nitrogens with zero attached hydrogens (tertiary/aromatic N) is 2. The Morgan fingerprint density at radius 1 is 1.22 bits per heavy atom. The van der Waals surface area contributed by atoms with Crippen molar-refractivity contribution in [3.8, 4) is 0 Å². The zero-order valence-corrected chi connectivity index (χ0v) is 12.8. The summed E-state index contributed by atoms with van der Waals surface area (Å²) in [6.07, 6.45) is 0. The Morgan fingerprint density at radius 2 is 1.96 bits per heavy atom. The van der Waals surface area contributed by atoms with Gasteiger partial charge >= 0.3 is 0 Å². The molecular formula is C17H18N4O2. The van der Waals surface area contributed by atoms with Gasteiger partial charge in [0.2, 0.25) is 0 Å². The van der Waals surface area contributed by atoms with Crippen molar-refractivity contribution in [3.63, 3.8) is 0 Å². The van der Waals surface area contributed by atoms with Crippen LogP contribution in [0.1, 0.15) is 10.5 Å². The first kappa shape index (κ1) is 15.1. The first-order valence-corrected chi connectivity index (χ1v) is 7.35. The highest BCUT2D eigenvalue weighted by Gasteiger charge is 2.13. The van der Waals surface area contributed by atoms with E-state index in [2.05, 4.69) is 15.5 Å². The van der Waals surface area contributed by atoms with E-state index in [1.54, 1.807) is 0 Å². The summed E-state index contributed by atoms with van der Waals surface area (Å²) in [5.74, 6) is -0.251. The molecule has 0 saturated heterocycles. The van der Waals surface area contributed by atoms with Crippen molar-refractivity contribution in [2.75, 3.05) is 30.4 Å². The summed E-state index contributed by atoms with van der Waals surface area (Å²) < 4.78 is 0. The van der Waals surface area contributed by atoms with Gasteiger partial charge in [-0.05, 0) is 30.3 Å². The van der Waals surface area contributed by atoms with Crippen LogP contribution in [0.5, 0.6) is 0 Å². The van der Waals surface area contributed by atoms with Crippen LogP contribution in [-0.4, -0.2) is 41.4 Å². The van der Waals surface area contributed by atoms with Crippen molar-refractivity contribution in [3.05, 3.63) is 54.2 Å². The van der Waals surface area contributed by atoms with Crippen LogP contribution in [-0.2, 0) is 0 Å². The molecule has 0 radical (unpaired) electrons. The van der Waals surface area contributed by atoms with Gasteiger partial charge < -0.3 is 15.3 Å². The lowest BCUT2D eigenvalue weighted by molar-refractivity contribution is 0.102. The minimum absolute atomic E-state index is 0.0984. The molecule has 1 aromatic heterocycles. The summed E-state index contributed by atoms with van der Waals surface area (Å²) in [6.45, 7) is 0.659. The fraction of sp³-hybridized carbons (Fsp3) is 0.176. The Morgan fingerprint density at radius 3 is 2.70 bits per heavy atom. The Hall–Kier alpha value is -2.86. The molecular weight excluding hydrogens is 292 g/mol. The normalized spacial score (nSPS) is 10.7. The molecule has 0 aliphatic heterocycles. The van der Waals surface area contributed by atoms with Gasteiger partial charge in [-0.3, -0.25) is 9.89 Å². The lowest BCUT2D eigenvalue weighted by atomic mass is 10.2. The predicted molar refractivity (Wildman–Crippen MR) is 90.8 cm³/mol. The fourth-order valence-electron chi connectivity index (χ4n) is 2.41. The number of hydrogen-bond acceptors (Lipinski definition) is 4. The molecule has 0 aliphatic rings. The number of amides is 1. The second-order valence-electron chi connectivity index (χ2n) is 5.26. The number of H-pyrrole nitrogens is 1. The first-order chi connectivity index (χ1) is 11.2. The Balaban J connectivity index is 1.75. The van der Waals surface area contributed by atoms with Crippen LogP contribution in [0.4, 0.5) is 11.4 Å². The summed E-state index contributed by atoms with van der Waals surface area (Å²) in [5.41, 5.74) is 2.88. The van der Waals surface area contributed by atoms with Gasteiger partial charge in [-0.1, -0.05) is 18.2 Å². The molecule has 0 atom stereocenters. The van der Waals surface area contributed by atoms with E-state index >= 15 is 0 Å². The quantitative estimate of drug-likeness (QED) is 0.675. The summed E-state index contributed by atoms with van der Waals surface area (Å²) >= 11 is 0. The highest BCUT2D eigenvalue weighted by Crippen LogP contribution is 2.19. The van der Waals surface area contributed by atoms with Gasteiger partial charge in [0.25, 0.3) is 5.91 Å². The molecule has 118 valence electrons. The van der Waals surface area contributed by atoms with Gasteiger partial charge in [-0.25, -0.2) is 0 Å². The Bertz CT molecular complexity index is 811. The van der Waals surface area contributed by atoms with Crippen LogP contribution in [0.3, 0.4) is 0 Å². The molecule has 1 amide bonds. The van der Waals surface area contributed by atoms with Gasteiger partial charge in [0.1, 0.15) is 0 Å². The smallest absolute Gasteiger partial charge is 0.276 e. The van der Waals surface area contributed by atoms with Gasteiger partial charge in [0.15, 0.2) is 5.69 Å². The van der Waals surface area contributed by atoms with Gasteiger partial charge in [-0.15, -0.1) is 0 Å². The third-order valence-corrected chi connectivity index (χ3v) is 3.69. The number of aliphatic hydroxyl groups is 1. The number of carbonyl (C=O) groups excluding carboxylic acids is 1. The number of likely N-dealkylation sites (N-methyl/N-ethyl adjacent to an activating group) is 1. The molecule has 6 heteroatoms. The van der Waals surface area contributed by atoms with Crippen LogP contribution in [0.2, 0.25) is 0 Å². The number of benzene rings is 2. The molecule has 0 fully saturated rings. The second kappa shape index (κ2) is 6.50. The maximum atomic E-state index is 12.4. The number of hydrogen-bond donors (Lipinski definition) is 3. The number of nitrogens with one attached hydrogen (secondary N) is 2. The average molecular weight is 310 g/mol. The van der Waals surface area contributed by atoms with Crippen LogP contribution < -0.4 is 10.2 Å². The van der Waals surface area contributed by atoms with E-state index in [4.69, 9.17) is 5.11 Å². The number of fused-ring (bicyclic) bond motifs is 1. The molecule has 3 N–H and O–H groups in total. The van der Waals surface area contributed by atoms with Crippen molar-refractivity contribution in [1.82, 2.24) is 10.2 Å². The molecule has 3 rings (SSSR count). The van der Waals surface area contributed by atoms with Crippen molar-refractivity contribution in [2.45, 2.75) is 0 Å². The Kier molecular flexibility index (Phi) is 4.25. The number of aliphatic hydroxyl groups excluding tert-OH is 1. The number of anilines is 2. The second-order valence-corrected chi connectivity index (χ2v) is 5.26. The molecule has 0 spiro atoms. The SMILES string of the molecule is CN(CCO)c1ccc(NC(=O)c2n[nH]c3ccccc23)cc1. The van der Waals surface area contributed by atoms with Crippen LogP contribution in [0.25, 0.3) is 10.9 Å². The van der Waals surface area contributed by atoms with Gasteiger partial charge in [0, 0.05) is 30.4 Å². The number of rotatable bonds is 5. The number of carbonyl (C=O) groups is 1. The molecule has 0 saturated carbocycles. The zero-order chi connectivity index (χ0) is 16.2. The lowest BCUT2D eigenvalue weighted by Gasteiger charge is -2.18. The monoisotopic (exact) mass is 310 g/mol. The molecule has 1 heterocycles.